The summed E-state index contributed by atoms with van der Waals surface area (Å²) >= 11 is 0. The molecule has 1 aromatic heterocycles. The van der Waals surface area contributed by atoms with Crippen molar-refractivity contribution in [1.82, 2.24) is 10.1 Å². The minimum atomic E-state index is -1.26. The summed E-state index contributed by atoms with van der Waals surface area (Å²) in [4.78, 5) is 13.6. The Labute approximate surface area is 105 Å². The van der Waals surface area contributed by atoms with Crippen molar-refractivity contribution in [3.05, 3.63) is 45.6 Å². The number of halogens is 2. The lowest BCUT2D eigenvalue weighted by Gasteiger charge is -2.05. The smallest absolute Gasteiger partial charge is 0.327 e. The molecule has 0 bridgehead atoms. The molecule has 0 aliphatic carbocycles. The van der Waals surface area contributed by atoms with Gasteiger partial charge in [0.2, 0.25) is 11.7 Å². The molecule has 1 heterocycles. The molecule has 0 spiro atoms. The Morgan fingerprint density at radius 1 is 1.47 bits per heavy atom. The zero-order valence-electron chi connectivity index (χ0n) is 9.68. The fourth-order valence-corrected chi connectivity index (χ4v) is 1.47. The summed E-state index contributed by atoms with van der Waals surface area (Å²) in [5.74, 6) is -1.64. The molecular weight excluding hydrogens is 262 g/mol. The fourth-order valence-electron chi connectivity index (χ4n) is 1.47. The number of aromatic nitrogens is 2. The maximum Gasteiger partial charge on any atom is 0.327 e. The van der Waals surface area contributed by atoms with E-state index < -0.39 is 22.2 Å². The molecule has 0 unspecified atom stereocenters. The van der Waals surface area contributed by atoms with Gasteiger partial charge in [0.05, 0.1) is 11.5 Å². The van der Waals surface area contributed by atoms with E-state index in [0.29, 0.717) is 11.9 Å². The summed E-state index contributed by atoms with van der Waals surface area (Å²) in [6.07, 6.45) is 0. The van der Waals surface area contributed by atoms with Crippen molar-refractivity contribution in [3.63, 3.8) is 0 Å². The van der Waals surface area contributed by atoms with Crippen LogP contribution in [0, 0.1) is 28.7 Å². The molecule has 2 aromatic rings. The molecule has 0 amide bonds. The van der Waals surface area contributed by atoms with Crippen LogP contribution in [0.2, 0.25) is 0 Å². The first-order valence-corrected chi connectivity index (χ1v) is 5.14. The SMILES string of the molecule is Cc1noc(CNc2cc(F)cc(F)c2[N+](=O)[O-])n1. The Hall–Kier alpha value is -2.58. The van der Waals surface area contributed by atoms with Gasteiger partial charge >= 0.3 is 5.69 Å². The van der Waals surface area contributed by atoms with Crippen LogP contribution in [0.1, 0.15) is 11.7 Å². The van der Waals surface area contributed by atoms with Crippen LogP contribution in [0.25, 0.3) is 0 Å². The average molecular weight is 270 g/mol. The number of nitrogens with zero attached hydrogens (tertiary/aromatic N) is 3. The van der Waals surface area contributed by atoms with Crippen molar-refractivity contribution < 1.29 is 18.2 Å². The average Bonchev–Trinajstić information content (AvgIpc) is 2.71. The summed E-state index contributed by atoms with van der Waals surface area (Å²) in [5, 5.41) is 16.7. The van der Waals surface area contributed by atoms with E-state index >= 15 is 0 Å². The predicted molar refractivity (Wildman–Crippen MR) is 59.4 cm³/mol. The fraction of sp³-hybridized carbons (Fsp3) is 0.200. The molecule has 1 N–H and O–H groups in total. The van der Waals surface area contributed by atoms with Crippen LogP contribution >= 0.6 is 0 Å². The number of nitrogens with one attached hydrogen (secondary N) is 1. The summed E-state index contributed by atoms with van der Waals surface area (Å²) < 4.78 is 31.1. The van der Waals surface area contributed by atoms with E-state index in [1.54, 1.807) is 6.92 Å². The van der Waals surface area contributed by atoms with Gasteiger partial charge in [0.1, 0.15) is 11.5 Å². The van der Waals surface area contributed by atoms with Crippen molar-refractivity contribution >= 4 is 11.4 Å². The predicted octanol–water partition coefficient (Wildman–Crippen LogP) is 2.18. The van der Waals surface area contributed by atoms with Crippen LogP contribution in [0.15, 0.2) is 16.7 Å². The number of anilines is 1. The standard InChI is InChI=1S/C10H8F2N4O3/c1-5-14-9(19-15-5)4-13-8-3-6(11)2-7(12)10(8)16(17)18/h2-3,13H,4H2,1H3. The molecule has 100 valence electrons. The molecule has 1 aromatic carbocycles. The summed E-state index contributed by atoms with van der Waals surface area (Å²) in [7, 11) is 0. The molecule has 0 saturated heterocycles. The molecular formula is C10H8F2N4O3. The molecule has 7 nitrogen and oxygen atoms in total. The lowest BCUT2D eigenvalue weighted by Crippen LogP contribution is -2.05. The van der Waals surface area contributed by atoms with E-state index in [-0.39, 0.29) is 18.1 Å². The van der Waals surface area contributed by atoms with Gasteiger partial charge in [-0.1, -0.05) is 5.16 Å². The minimum Gasteiger partial charge on any atom is -0.370 e. The lowest BCUT2D eigenvalue weighted by atomic mass is 10.2. The van der Waals surface area contributed by atoms with Gasteiger partial charge in [-0.05, 0) is 6.92 Å². The molecule has 0 radical (unpaired) electrons. The second kappa shape index (κ2) is 4.96. The van der Waals surface area contributed by atoms with Crippen LogP contribution in [0.4, 0.5) is 20.2 Å². The van der Waals surface area contributed by atoms with E-state index in [1.807, 2.05) is 0 Å². The number of rotatable bonds is 4. The zero-order valence-corrected chi connectivity index (χ0v) is 9.68. The lowest BCUT2D eigenvalue weighted by molar-refractivity contribution is -0.386. The third-order valence-corrected chi connectivity index (χ3v) is 2.21. The van der Waals surface area contributed by atoms with E-state index in [0.717, 1.165) is 6.07 Å². The Morgan fingerprint density at radius 2 is 2.21 bits per heavy atom. The molecule has 0 saturated carbocycles. The number of hydrogen-bond acceptors (Lipinski definition) is 6. The maximum atomic E-state index is 13.3. The molecule has 0 aliphatic rings. The zero-order chi connectivity index (χ0) is 14.0. The van der Waals surface area contributed by atoms with Crippen molar-refractivity contribution in [2.24, 2.45) is 0 Å². The van der Waals surface area contributed by atoms with Crippen LogP contribution in [-0.4, -0.2) is 15.1 Å². The van der Waals surface area contributed by atoms with Gasteiger partial charge in [-0.3, -0.25) is 10.1 Å². The summed E-state index contributed by atoms with van der Waals surface area (Å²) in [5.41, 5.74) is -1.13. The topological polar surface area (TPSA) is 94.1 Å². The van der Waals surface area contributed by atoms with Gasteiger partial charge < -0.3 is 9.84 Å². The van der Waals surface area contributed by atoms with Crippen molar-refractivity contribution in [1.29, 1.82) is 0 Å². The normalized spacial score (nSPS) is 10.5. The van der Waals surface area contributed by atoms with E-state index in [9.17, 15) is 18.9 Å². The molecule has 0 fully saturated rings. The van der Waals surface area contributed by atoms with E-state index in [1.165, 1.54) is 0 Å². The van der Waals surface area contributed by atoms with Gasteiger partial charge in [-0.2, -0.15) is 9.37 Å². The number of aryl methyl sites for hydroxylation is 1. The van der Waals surface area contributed by atoms with Crippen molar-refractivity contribution in [2.45, 2.75) is 13.5 Å². The number of nitro benzene ring substituents is 1. The Balaban J connectivity index is 2.26. The molecule has 19 heavy (non-hydrogen) atoms. The Bertz CT molecular complexity index is 629. The van der Waals surface area contributed by atoms with Crippen molar-refractivity contribution in [3.8, 4) is 0 Å². The van der Waals surface area contributed by atoms with Gasteiger partial charge in [-0.15, -0.1) is 0 Å². The van der Waals surface area contributed by atoms with E-state index in [4.69, 9.17) is 4.52 Å². The van der Waals surface area contributed by atoms with E-state index in [2.05, 4.69) is 15.5 Å². The quantitative estimate of drug-likeness (QED) is 0.675. The van der Waals surface area contributed by atoms with Crippen LogP contribution in [0.3, 0.4) is 0 Å². The third kappa shape index (κ3) is 2.81. The van der Waals surface area contributed by atoms with Crippen LogP contribution in [0.5, 0.6) is 0 Å². The highest BCUT2D eigenvalue weighted by Crippen LogP contribution is 2.29. The van der Waals surface area contributed by atoms with Crippen molar-refractivity contribution in [2.75, 3.05) is 5.32 Å². The van der Waals surface area contributed by atoms with Crippen LogP contribution in [-0.2, 0) is 6.54 Å². The molecule has 0 aliphatic heterocycles. The van der Waals surface area contributed by atoms with Gasteiger partial charge in [0, 0.05) is 12.1 Å². The molecule has 2 rings (SSSR count). The first-order chi connectivity index (χ1) is 8.97. The Kier molecular flexibility index (Phi) is 3.36. The van der Waals surface area contributed by atoms with Crippen LogP contribution < -0.4 is 5.32 Å². The van der Waals surface area contributed by atoms with Gasteiger partial charge in [0.25, 0.3) is 0 Å². The Morgan fingerprint density at radius 3 is 2.79 bits per heavy atom. The number of hydrogen-bond donors (Lipinski definition) is 1. The second-order valence-electron chi connectivity index (χ2n) is 3.63. The van der Waals surface area contributed by atoms with Gasteiger partial charge in [0.15, 0.2) is 5.82 Å². The first-order valence-electron chi connectivity index (χ1n) is 5.14. The highest BCUT2D eigenvalue weighted by atomic mass is 19.1. The highest BCUT2D eigenvalue weighted by molar-refractivity contribution is 5.62. The summed E-state index contributed by atoms with van der Waals surface area (Å²) in [6.45, 7) is 1.52. The largest absolute Gasteiger partial charge is 0.370 e. The second-order valence-corrected chi connectivity index (χ2v) is 3.63. The number of benzene rings is 1. The minimum absolute atomic E-state index is 0.0788. The molecule has 9 heteroatoms. The first kappa shape index (κ1) is 12.9. The van der Waals surface area contributed by atoms with Gasteiger partial charge in [-0.25, -0.2) is 4.39 Å². The maximum absolute atomic E-state index is 13.3. The molecule has 0 atom stereocenters. The third-order valence-electron chi connectivity index (χ3n) is 2.21. The highest BCUT2D eigenvalue weighted by Gasteiger charge is 2.22. The monoisotopic (exact) mass is 270 g/mol. The summed E-state index contributed by atoms with van der Waals surface area (Å²) in [6, 6.07) is 1.27. The number of nitro groups is 1.